The number of amides is 1. The van der Waals surface area contributed by atoms with E-state index in [-0.39, 0.29) is 11.9 Å². The molecule has 0 aliphatic carbocycles. The molecule has 0 saturated heterocycles. The van der Waals surface area contributed by atoms with Crippen LogP contribution in [-0.4, -0.2) is 30.1 Å². The van der Waals surface area contributed by atoms with Gasteiger partial charge in [0.05, 0.1) is 12.4 Å². The van der Waals surface area contributed by atoms with Crippen LogP contribution in [0.25, 0.3) is 0 Å². The molecule has 20 heavy (non-hydrogen) atoms. The summed E-state index contributed by atoms with van der Waals surface area (Å²) >= 11 is 1.60. The van der Waals surface area contributed by atoms with Crippen LogP contribution in [0.15, 0.2) is 24.3 Å². The number of nitrogens with one attached hydrogen (secondary N) is 1. The first kappa shape index (κ1) is 16.9. The van der Waals surface area contributed by atoms with E-state index >= 15 is 0 Å². The van der Waals surface area contributed by atoms with Gasteiger partial charge in [0.2, 0.25) is 5.91 Å². The molecule has 0 aliphatic rings. The second kappa shape index (κ2) is 8.90. The summed E-state index contributed by atoms with van der Waals surface area (Å²) in [6.45, 7) is 8.92. The molecule has 1 rings (SSSR count). The minimum Gasteiger partial charge on any atom is -0.493 e. The summed E-state index contributed by atoms with van der Waals surface area (Å²) in [6, 6.07) is 8.23. The van der Waals surface area contributed by atoms with E-state index in [0.717, 1.165) is 11.5 Å². The number of carbonyl (C=O) groups excluding carboxylic acids is 1. The predicted molar refractivity (Wildman–Crippen MR) is 86.4 cm³/mol. The van der Waals surface area contributed by atoms with Crippen molar-refractivity contribution in [2.45, 2.75) is 33.7 Å². The molecule has 0 spiro atoms. The summed E-state index contributed by atoms with van der Waals surface area (Å²) in [6.07, 6.45) is 0. The molecule has 1 amide bonds. The van der Waals surface area contributed by atoms with Crippen molar-refractivity contribution >= 4 is 17.7 Å². The Labute approximate surface area is 126 Å². The lowest BCUT2D eigenvalue weighted by molar-refractivity contribution is -0.119. The fourth-order valence-corrected chi connectivity index (χ4v) is 2.09. The molecule has 1 atom stereocenters. The second-order valence-electron chi connectivity index (χ2n) is 5.31. The van der Waals surface area contributed by atoms with Crippen molar-refractivity contribution in [2.75, 3.05) is 18.1 Å². The van der Waals surface area contributed by atoms with Crippen molar-refractivity contribution in [2.24, 2.45) is 5.92 Å². The van der Waals surface area contributed by atoms with Gasteiger partial charge in [0.25, 0.3) is 0 Å². The van der Waals surface area contributed by atoms with Gasteiger partial charge in [0, 0.05) is 11.8 Å². The van der Waals surface area contributed by atoms with Gasteiger partial charge in [-0.3, -0.25) is 4.79 Å². The van der Waals surface area contributed by atoms with Crippen LogP contribution in [0.1, 0.15) is 26.3 Å². The van der Waals surface area contributed by atoms with Crippen LogP contribution in [0, 0.1) is 12.8 Å². The molecule has 0 fully saturated rings. The Morgan fingerprint density at radius 1 is 1.25 bits per heavy atom. The highest BCUT2D eigenvalue weighted by Gasteiger charge is 2.10. The molecule has 0 bridgehead atoms. The van der Waals surface area contributed by atoms with Gasteiger partial charge >= 0.3 is 0 Å². The first-order valence-electron chi connectivity index (χ1n) is 7.05. The molecule has 1 unspecified atom stereocenters. The van der Waals surface area contributed by atoms with Crippen LogP contribution >= 0.6 is 11.8 Å². The Morgan fingerprint density at radius 2 is 1.90 bits per heavy atom. The normalized spacial score (nSPS) is 12.2. The Kier molecular flexibility index (Phi) is 7.52. The van der Waals surface area contributed by atoms with Crippen molar-refractivity contribution in [3.8, 4) is 5.75 Å². The molecule has 1 N–H and O–H groups in total. The molecule has 0 saturated carbocycles. The van der Waals surface area contributed by atoms with E-state index in [9.17, 15) is 4.79 Å². The van der Waals surface area contributed by atoms with Crippen LogP contribution < -0.4 is 10.1 Å². The minimum absolute atomic E-state index is 0.103. The monoisotopic (exact) mass is 295 g/mol. The maximum absolute atomic E-state index is 11.7. The largest absolute Gasteiger partial charge is 0.493 e. The fraction of sp³-hybridized carbons (Fsp3) is 0.562. The third-order valence-corrected chi connectivity index (χ3v) is 4.06. The van der Waals surface area contributed by atoms with E-state index in [0.29, 0.717) is 18.3 Å². The van der Waals surface area contributed by atoms with Gasteiger partial charge in [-0.25, -0.2) is 0 Å². The topological polar surface area (TPSA) is 38.3 Å². The minimum atomic E-state index is 0.103. The number of ether oxygens (including phenoxy) is 1. The van der Waals surface area contributed by atoms with Gasteiger partial charge < -0.3 is 10.1 Å². The van der Waals surface area contributed by atoms with Crippen molar-refractivity contribution in [3.63, 3.8) is 0 Å². The van der Waals surface area contributed by atoms with Crippen LogP contribution in [0.4, 0.5) is 0 Å². The lowest BCUT2D eigenvalue weighted by Crippen LogP contribution is -2.37. The van der Waals surface area contributed by atoms with Crippen LogP contribution in [0.2, 0.25) is 0 Å². The van der Waals surface area contributed by atoms with E-state index in [1.165, 1.54) is 5.56 Å². The van der Waals surface area contributed by atoms with E-state index in [2.05, 4.69) is 26.1 Å². The predicted octanol–water partition coefficient (Wildman–Crippen LogP) is 3.27. The first-order valence-corrected chi connectivity index (χ1v) is 8.21. The maximum atomic E-state index is 11.7. The molecular weight excluding hydrogens is 270 g/mol. The number of hydrogen-bond acceptors (Lipinski definition) is 3. The standard InChI is InChI=1S/C16H25NO2S/c1-12(2)14(4)17-16(18)11-20-10-9-19-15-7-5-13(3)6-8-15/h5-8,12,14H,9-11H2,1-4H3,(H,17,18). The number of aryl methyl sites for hydroxylation is 1. The molecule has 1 aromatic carbocycles. The third kappa shape index (κ3) is 6.85. The lowest BCUT2D eigenvalue weighted by atomic mass is 10.1. The SMILES string of the molecule is Cc1ccc(OCCSCC(=O)NC(C)C(C)C)cc1. The molecule has 0 aromatic heterocycles. The Bertz CT molecular complexity index is 403. The highest BCUT2D eigenvalue weighted by Crippen LogP contribution is 2.12. The Balaban J connectivity index is 2.10. The number of hydrogen-bond donors (Lipinski definition) is 1. The molecule has 3 nitrogen and oxygen atoms in total. The van der Waals surface area contributed by atoms with Crippen molar-refractivity contribution in [1.82, 2.24) is 5.32 Å². The van der Waals surface area contributed by atoms with Crippen molar-refractivity contribution in [3.05, 3.63) is 29.8 Å². The molecule has 0 aliphatic heterocycles. The average Bonchev–Trinajstić information content (AvgIpc) is 2.40. The van der Waals surface area contributed by atoms with E-state index in [1.807, 2.05) is 31.2 Å². The van der Waals surface area contributed by atoms with Crippen LogP contribution in [0.5, 0.6) is 5.75 Å². The molecule has 1 aromatic rings. The summed E-state index contributed by atoms with van der Waals surface area (Å²) in [5.74, 6) is 2.76. The number of thioether (sulfide) groups is 1. The highest BCUT2D eigenvalue weighted by atomic mass is 32.2. The van der Waals surface area contributed by atoms with Crippen LogP contribution in [0.3, 0.4) is 0 Å². The molecule has 0 radical (unpaired) electrons. The summed E-state index contributed by atoms with van der Waals surface area (Å²) in [5.41, 5.74) is 1.22. The lowest BCUT2D eigenvalue weighted by Gasteiger charge is -2.17. The van der Waals surface area contributed by atoms with E-state index in [4.69, 9.17) is 4.74 Å². The van der Waals surface area contributed by atoms with Gasteiger partial charge in [-0.1, -0.05) is 31.5 Å². The zero-order chi connectivity index (χ0) is 15.0. The van der Waals surface area contributed by atoms with Gasteiger partial charge in [0.15, 0.2) is 0 Å². The number of benzene rings is 1. The summed E-state index contributed by atoms with van der Waals surface area (Å²) in [4.78, 5) is 11.7. The molecule has 0 heterocycles. The quantitative estimate of drug-likeness (QED) is 0.748. The van der Waals surface area contributed by atoms with E-state index in [1.54, 1.807) is 11.8 Å². The van der Waals surface area contributed by atoms with Crippen molar-refractivity contribution in [1.29, 1.82) is 0 Å². The van der Waals surface area contributed by atoms with Gasteiger partial charge in [-0.15, -0.1) is 11.8 Å². The fourth-order valence-electron chi connectivity index (χ4n) is 1.48. The summed E-state index contributed by atoms with van der Waals surface area (Å²) < 4.78 is 5.61. The average molecular weight is 295 g/mol. The summed E-state index contributed by atoms with van der Waals surface area (Å²) in [5, 5.41) is 2.99. The molecular formula is C16H25NO2S. The molecule has 4 heteroatoms. The van der Waals surface area contributed by atoms with Crippen molar-refractivity contribution < 1.29 is 9.53 Å². The zero-order valence-corrected chi connectivity index (χ0v) is 13.6. The van der Waals surface area contributed by atoms with E-state index < -0.39 is 0 Å². The number of rotatable bonds is 8. The summed E-state index contributed by atoms with van der Waals surface area (Å²) in [7, 11) is 0. The Hall–Kier alpha value is -1.16. The van der Waals surface area contributed by atoms with Crippen LogP contribution in [-0.2, 0) is 4.79 Å². The molecule has 112 valence electrons. The zero-order valence-electron chi connectivity index (χ0n) is 12.8. The van der Waals surface area contributed by atoms with Gasteiger partial charge in [-0.05, 0) is 31.9 Å². The smallest absolute Gasteiger partial charge is 0.230 e. The van der Waals surface area contributed by atoms with Gasteiger partial charge in [0.1, 0.15) is 5.75 Å². The highest BCUT2D eigenvalue weighted by molar-refractivity contribution is 7.99. The third-order valence-electron chi connectivity index (χ3n) is 3.14. The first-order chi connectivity index (χ1) is 9.49. The number of carbonyl (C=O) groups is 1. The van der Waals surface area contributed by atoms with Gasteiger partial charge in [-0.2, -0.15) is 0 Å². The maximum Gasteiger partial charge on any atom is 0.230 e. The Morgan fingerprint density at radius 3 is 2.50 bits per heavy atom. The second-order valence-corrected chi connectivity index (χ2v) is 6.42.